The molecule has 3 aliphatic heterocycles. The molecule has 3 heterocycles. The van der Waals surface area contributed by atoms with Gasteiger partial charge < -0.3 is 19.7 Å². The van der Waals surface area contributed by atoms with Crippen molar-refractivity contribution in [3.8, 4) is 0 Å². The summed E-state index contributed by atoms with van der Waals surface area (Å²) in [6.07, 6.45) is 2.48. The van der Waals surface area contributed by atoms with E-state index in [0.29, 0.717) is 31.6 Å². The Kier molecular flexibility index (Phi) is 7.26. The molecule has 2 aromatic rings. The van der Waals surface area contributed by atoms with E-state index in [4.69, 9.17) is 9.47 Å². The first-order chi connectivity index (χ1) is 17.9. The summed E-state index contributed by atoms with van der Waals surface area (Å²) in [6.45, 7) is 3.63. The van der Waals surface area contributed by atoms with Gasteiger partial charge in [-0.25, -0.2) is 4.39 Å². The molecule has 2 atom stereocenters. The summed E-state index contributed by atoms with van der Waals surface area (Å²) in [7, 11) is 0. The van der Waals surface area contributed by atoms with Crippen molar-refractivity contribution < 1.29 is 28.2 Å². The van der Waals surface area contributed by atoms with Gasteiger partial charge in [0.15, 0.2) is 0 Å². The number of nitrogens with zero attached hydrogens (tertiary/aromatic N) is 2. The van der Waals surface area contributed by atoms with Crippen molar-refractivity contribution in [1.82, 2.24) is 15.1 Å². The number of hydrogen-bond donors (Lipinski definition) is 1. The fraction of sp³-hybridized carbons (Fsp3) is 0.464. The maximum Gasteiger partial charge on any atom is 0.256 e. The fourth-order valence-electron chi connectivity index (χ4n) is 5.40. The van der Waals surface area contributed by atoms with Crippen LogP contribution in [0.25, 0.3) is 0 Å². The van der Waals surface area contributed by atoms with Crippen molar-refractivity contribution in [3.63, 3.8) is 0 Å². The minimum Gasteiger partial charge on any atom is -0.376 e. The van der Waals surface area contributed by atoms with Crippen molar-refractivity contribution in [2.24, 2.45) is 0 Å². The predicted octanol–water partition coefficient (Wildman–Crippen LogP) is 2.90. The number of benzene rings is 2. The van der Waals surface area contributed by atoms with Gasteiger partial charge in [0.05, 0.1) is 18.3 Å². The number of ether oxygens (including phenoxy) is 2. The van der Waals surface area contributed by atoms with Crippen molar-refractivity contribution in [3.05, 3.63) is 71.0 Å². The molecule has 0 aromatic heterocycles. The highest BCUT2D eigenvalue weighted by atomic mass is 19.1. The Morgan fingerprint density at radius 1 is 1.05 bits per heavy atom. The number of aryl methyl sites for hydroxylation is 1. The number of halogens is 1. The SMILES string of the molecule is Cc1ccc(C(=O)N2[C@H](C(=O)NC[C@@H]3CCCO3)COC23CCN(C(=O)c2ccccc2F)CC3)cc1. The highest BCUT2D eigenvalue weighted by Gasteiger charge is 2.54. The van der Waals surface area contributed by atoms with Gasteiger partial charge >= 0.3 is 0 Å². The molecule has 0 saturated carbocycles. The monoisotopic (exact) mass is 509 g/mol. The van der Waals surface area contributed by atoms with Gasteiger partial charge in [-0.2, -0.15) is 0 Å². The van der Waals surface area contributed by atoms with Crippen LogP contribution in [0.3, 0.4) is 0 Å². The second-order valence-electron chi connectivity index (χ2n) is 9.97. The van der Waals surface area contributed by atoms with Crippen LogP contribution in [0.15, 0.2) is 48.5 Å². The molecule has 3 aliphatic rings. The number of carbonyl (C=O) groups excluding carboxylic acids is 3. The average molecular weight is 510 g/mol. The number of nitrogens with one attached hydrogen (secondary N) is 1. The third-order valence-electron chi connectivity index (χ3n) is 7.54. The van der Waals surface area contributed by atoms with Crippen molar-refractivity contribution in [1.29, 1.82) is 0 Å². The molecule has 1 N–H and O–H groups in total. The third kappa shape index (κ3) is 5.10. The van der Waals surface area contributed by atoms with Crippen LogP contribution in [0.5, 0.6) is 0 Å². The topological polar surface area (TPSA) is 88.2 Å². The number of rotatable bonds is 5. The molecule has 0 unspecified atom stereocenters. The zero-order chi connectivity index (χ0) is 26.0. The molecule has 8 nitrogen and oxygen atoms in total. The summed E-state index contributed by atoms with van der Waals surface area (Å²) in [5, 5.41) is 2.94. The number of amides is 3. The molecule has 37 heavy (non-hydrogen) atoms. The molecule has 9 heteroatoms. The van der Waals surface area contributed by atoms with Gasteiger partial charge in [0.1, 0.15) is 17.6 Å². The maximum absolute atomic E-state index is 14.2. The number of piperidine rings is 1. The van der Waals surface area contributed by atoms with Gasteiger partial charge in [0, 0.05) is 44.6 Å². The van der Waals surface area contributed by atoms with E-state index in [9.17, 15) is 18.8 Å². The Morgan fingerprint density at radius 2 is 1.78 bits per heavy atom. The smallest absolute Gasteiger partial charge is 0.256 e. The van der Waals surface area contributed by atoms with E-state index < -0.39 is 23.5 Å². The summed E-state index contributed by atoms with van der Waals surface area (Å²) in [5.74, 6) is -1.53. The van der Waals surface area contributed by atoms with Crippen LogP contribution in [0.2, 0.25) is 0 Å². The van der Waals surface area contributed by atoms with E-state index >= 15 is 0 Å². The van der Waals surface area contributed by atoms with E-state index in [1.54, 1.807) is 34.1 Å². The highest BCUT2D eigenvalue weighted by molar-refractivity contribution is 5.98. The lowest BCUT2D eigenvalue weighted by atomic mass is 9.96. The van der Waals surface area contributed by atoms with Gasteiger partial charge in [-0.3, -0.25) is 19.3 Å². The first-order valence-corrected chi connectivity index (χ1v) is 12.9. The molecule has 0 aliphatic carbocycles. The Balaban J connectivity index is 1.35. The van der Waals surface area contributed by atoms with E-state index in [1.165, 1.54) is 12.1 Å². The molecule has 1 spiro atoms. The summed E-state index contributed by atoms with van der Waals surface area (Å²) in [5.41, 5.74) is 0.483. The predicted molar refractivity (Wildman–Crippen MR) is 133 cm³/mol. The Morgan fingerprint density at radius 3 is 2.46 bits per heavy atom. The van der Waals surface area contributed by atoms with Crippen LogP contribution in [0, 0.1) is 12.7 Å². The largest absolute Gasteiger partial charge is 0.376 e. The Bertz CT molecular complexity index is 1160. The van der Waals surface area contributed by atoms with Gasteiger partial charge in [0.25, 0.3) is 11.8 Å². The van der Waals surface area contributed by atoms with Crippen LogP contribution >= 0.6 is 0 Å². The maximum atomic E-state index is 14.2. The van der Waals surface area contributed by atoms with Crippen molar-refractivity contribution >= 4 is 17.7 Å². The second kappa shape index (κ2) is 10.6. The van der Waals surface area contributed by atoms with E-state index in [-0.39, 0.29) is 43.2 Å². The second-order valence-corrected chi connectivity index (χ2v) is 9.97. The molecule has 5 rings (SSSR count). The van der Waals surface area contributed by atoms with Crippen LogP contribution in [-0.4, -0.2) is 78.2 Å². The molecule has 2 aromatic carbocycles. The third-order valence-corrected chi connectivity index (χ3v) is 7.54. The molecule has 3 amide bonds. The molecule has 3 fully saturated rings. The normalized spacial score (nSPS) is 22.9. The van der Waals surface area contributed by atoms with Crippen LogP contribution in [-0.2, 0) is 14.3 Å². The highest BCUT2D eigenvalue weighted by Crippen LogP contribution is 2.39. The molecular weight excluding hydrogens is 477 g/mol. The lowest BCUT2D eigenvalue weighted by Gasteiger charge is -2.44. The zero-order valence-electron chi connectivity index (χ0n) is 21.0. The zero-order valence-corrected chi connectivity index (χ0v) is 21.0. The van der Waals surface area contributed by atoms with Crippen LogP contribution in [0.4, 0.5) is 4.39 Å². The summed E-state index contributed by atoms with van der Waals surface area (Å²) < 4.78 is 26.1. The average Bonchev–Trinajstić information content (AvgIpc) is 3.56. The fourth-order valence-corrected chi connectivity index (χ4v) is 5.40. The molecular formula is C28H32FN3O5. The molecule has 0 bridgehead atoms. The first-order valence-electron chi connectivity index (χ1n) is 12.9. The molecule has 0 radical (unpaired) electrons. The van der Waals surface area contributed by atoms with Crippen molar-refractivity contribution in [2.75, 3.05) is 32.8 Å². The number of carbonyl (C=O) groups is 3. The Labute approximate surface area is 215 Å². The van der Waals surface area contributed by atoms with Gasteiger partial charge in [-0.15, -0.1) is 0 Å². The van der Waals surface area contributed by atoms with Gasteiger partial charge in [0.2, 0.25) is 5.91 Å². The minimum absolute atomic E-state index is 0.0183. The standard InChI is InChI=1S/C28H32FN3O5/c1-19-8-10-20(11-9-19)26(34)32-24(25(33)30-17-21-5-4-16-36-21)18-37-28(32)12-14-31(15-13-28)27(35)22-6-2-3-7-23(22)29/h2-3,6-11,21,24H,4-5,12-18H2,1H3,(H,30,33)/t21-,24-/m0/s1. The summed E-state index contributed by atoms with van der Waals surface area (Å²) in [4.78, 5) is 43.2. The lowest BCUT2D eigenvalue weighted by molar-refractivity contribution is -0.128. The van der Waals surface area contributed by atoms with E-state index in [2.05, 4.69) is 5.32 Å². The minimum atomic E-state index is -1.03. The molecule has 196 valence electrons. The first kappa shape index (κ1) is 25.4. The van der Waals surface area contributed by atoms with E-state index in [1.807, 2.05) is 19.1 Å². The van der Waals surface area contributed by atoms with Gasteiger partial charge in [-0.1, -0.05) is 29.8 Å². The quantitative estimate of drug-likeness (QED) is 0.670. The van der Waals surface area contributed by atoms with E-state index in [0.717, 1.165) is 18.4 Å². The van der Waals surface area contributed by atoms with Crippen LogP contribution in [0.1, 0.15) is 52.0 Å². The number of likely N-dealkylation sites (tertiary alicyclic amines) is 1. The lowest BCUT2D eigenvalue weighted by Crippen LogP contribution is -2.60. The Hall–Kier alpha value is -3.30. The molecule has 3 saturated heterocycles. The van der Waals surface area contributed by atoms with Crippen molar-refractivity contribution in [2.45, 2.75) is 50.5 Å². The summed E-state index contributed by atoms with van der Waals surface area (Å²) in [6, 6.07) is 12.3. The number of hydrogen-bond acceptors (Lipinski definition) is 5. The van der Waals surface area contributed by atoms with Gasteiger partial charge in [-0.05, 0) is 44.0 Å². The summed E-state index contributed by atoms with van der Waals surface area (Å²) >= 11 is 0. The van der Waals surface area contributed by atoms with Crippen LogP contribution < -0.4 is 5.32 Å².